The highest BCUT2D eigenvalue weighted by molar-refractivity contribution is 5.76. The van der Waals surface area contributed by atoms with E-state index in [0.717, 1.165) is 38.5 Å². The molecule has 0 bridgehead atoms. The number of hydrogen-bond acceptors (Lipinski definition) is 8. The maximum absolute atomic E-state index is 13.1. The van der Waals surface area contributed by atoms with E-state index >= 15 is 0 Å². The van der Waals surface area contributed by atoms with Gasteiger partial charge in [0.2, 0.25) is 5.91 Å². The van der Waals surface area contributed by atoms with Crippen molar-refractivity contribution >= 4 is 5.91 Å². The van der Waals surface area contributed by atoms with Gasteiger partial charge >= 0.3 is 0 Å². The lowest BCUT2D eigenvalue weighted by Crippen LogP contribution is -2.60. The zero-order valence-corrected chi connectivity index (χ0v) is 47.2. The molecule has 1 saturated heterocycles. The normalized spacial score (nSPS) is 19.3. The van der Waals surface area contributed by atoms with Crippen LogP contribution in [0.4, 0.5) is 0 Å². The van der Waals surface area contributed by atoms with Crippen LogP contribution in [0.25, 0.3) is 0 Å². The number of unbranched alkanes of at least 4 members (excludes halogenated alkanes) is 40. The van der Waals surface area contributed by atoms with Crippen LogP contribution >= 0.6 is 0 Å². The van der Waals surface area contributed by atoms with Crippen molar-refractivity contribution in [3.63, 3.8) is 0 Å². The second-order valence-electron chi connectivity index (χ2n) is 21.8. The number of carbonyl (C=O) groups is 1. The third-order valence-electron chi connectivity index (χ3n) is 14.9. The molecule has 7 atom stereocenters. The first kappa shape index (κ1) is 68.4. The first-order valence-corrected chi connectivity index (χ1v) is 31.2. The van der Waals surface area contributed by atoms with Gasteiger partial charge in [0.05, 0.1) is 25.4 Å². The molecule has 0 aliphatic carbocycles. The van der Waals surface area contributed by atoms with Crippen LogP contribution in [0.15, 0.2) is 36.5 Å². The molecule has 1 heterocycles. The Hall–Kier alpha value is -1.59. The van der Waals surface area contributed by atoms with Gasteiger partial charge in [-0.25, -0.2) is 0 Å². The number of allylic oxidation sites excluding steroid dienone is 5. The molecule has 0 spiro atoms. The number of rotatable bonds is 54. The molecule has 7 unspecified atom stereocenters. The van der Waals surface area contributed by atoms with E-state index in [9.17, 15) is 30.3 Å². The van der Waals surface area contributed by atoms with Gasteiger partial charge in [-0.15, -0.1) is 0 Å². The van der Waals surface area contributed by atoms with Crippen molar-refractivity contribution in [1.82, 2.24) is 5.32 Å². The van der Waals surface area contributed by atoms with E-state index in [4.69, 9.17) is 9.47 Å². The fourth-order valence-corrected chi connectivity index (χ4v) is 9.99. The van der Waals surface area contributed by atoms with Crippen molar-refractivity contribution in [2.75, 3.05) is 13.2 Å². The van der Waals surface area contributed by atoms with Crippen LogP contribution in [0.2, 0.25) is 0 Å². The number of hydrogen-bond donors (Lipinski definition) is 6. The molecule has 72 heavy (non-hydrogen) atoms. The van der Waals surface area contributed by atoms with Gasteiger partial charge in [-0.05, 0) is 57.8 Å². The predicted octanol–water partition coefficient (Wildman–Crippen LogP) is 15.9. The van der Waals surface area contributed by atoms with Gasteiger partial charge < -0.3 is 40.3 Å². The predicted molar refractivity (Wildman–Crippen MR) is 304 cm³/mol. The van der Waals surface area contributed by atoms with Gasteiger partial charge in [-0.3, -0.25) is 4.79 Å². The maximum atomic E-state index is 13.1. The molecule has 0 aromatic carbocycles. The fourth-order valence-electron chi connectivity index (χ4n) is 9.99. The lowest BCUT2D eigenvalue weighted by molar-refractivity contribution is -0.302. The molecule has 9 heteroatoms. The largest absolute Gasteiger partial charge is 0.394 e. The Balaban J connectivity index is 2.12. The van der Waals surface area contributed by atoms with E-state index in [-0.39, 0.29) is 12.5 Å². The molecular weight excluding hydrogens is 899 g/mol. The van der Waals surface area contributed by atoms with Crippen molar-refractivity contribution in [3.8, 4) is 0 Å². The molecule has 0 aromatic rings. The Labute approximate surface area is 444 Å². The quantitative estimate of drug-likeness (QED) is 0.0261. The van der Waals surface area contributed by atoms with E-state index in [1.165, 1.54) is 244 Å². The summed E-state index contributed by atoms with van der Waals surface area (Å²) < 4.78 is 11.3. The van der Waals surface area contributed by atoms with Crippen molar-refractivity contribution in [1.29, 1.82) is 0 Å². The molecule has 424 valence electrons. The summed E-state index contributed by atoms with van der Waals surface area (Å²) in [5, 5.41) is 54.5. The molecule has 0 aromatic heterocycles. The number of nitrogens with one attached hydrogen (secondary N) is 1. The van der Waals surface area contributed by atoms with Gasteiger partial charge in [0.1, 0.15) is 24.4 Å². The molecule has 1 fully saturated rings. The smallest absolute Gasteiger partial charge is 0.220 e. The standard InChI is InChI=1S/C63H119NO8/c1-3-5-7-9-11-13-15-17-19-21-22-23-24-25-26-27-28-29-30-31-32-33-34-35-36-37-39-41-43-45-47-49-51-53-59(67)64-56(55-71-63-62(70)61(69)60(68)58(54-65)72-63)57(66)52-50-48-46-44-42-40-38-20-18-16-14-12-10-8-6-4-2/h21-22,42,44,50,52,56-58,60-63,65-66,68-70H,3-20,23-41,43,45-49,51,53-55H2,1-2H3,(H,64,67)/b22-21-,44-42+,52-50+. The molecule has 1 aliphatic heterocycles. The Kier molecular flexibility index (Phi) is 50.2. The van der Waals surface area contributed by atoms with Crippen molar-refractivity contribution in [2.24, 2.45) is 0 Å². The first-order valence-electron chi connectivity index (χ1n) is 31.2. The van der Waals surface area contributed by atoms with E-state index < -0.39 is 49.5 Å². The Morgan fingerprint density at radius 3 is 1.17 bits per heavy atom. The zero-order chi connectivity index (χ0) is 52.2. The summed E-state index contributed by atoms with van der Waals surface area (Å²) in [4.78, 5) is 13.1. The Morgan fingerprint density at radius 1 is 0.458 bits per heavy atom. The highest BCUT2D eigenvalue weighted by Crippen LogP contribution is 2.23. The number of carbonyl (C=O) groups excluding carboxylic acids is 1. The van der Waals surface area contributed by atoms with Crippen LogP contribution in [0.3, 0.4) is 0 Å². The molecule has 1 amide bonds. The monoisotopic (exact) mass is 1020 g/mol. The third-order valence-corrected chi connectivity index (χ3v) is 14.9. The van der Waals surface area contributed by atoms with E-state index in [2.05, 4.69) is 43.5 Å². The topological polar surface area (TPSA) is 149 Å². The molecular formula is C63H119NO8. The van der Waals surface area contributed by atoms with Crippen LogP contribution < -0.4 is 5.32 Å². The summed E-state index contributed by atoms with van der Waals surface area (Å²) in [7, 11) is 0. The molecule has 9 nitrogen and oxygen atoms in total. The zero-order valence-electron chi connectivity index (χ0n) is 47.2. The van der Waals surface area contributed by atoms with Crippen LogP contribution in [-0.4, -0.2) is 87.5 Å². The second kappa shape index (κ2) is 52.8. The molecule has 0 radical (unpaired) electrons. The number of amides is 1. The summed E-state index contributed by atoms with van der Waals surface area (Å²) in [6, 6.07) is -0.820. The van der Waals surface area contributed by atoms with E-state index in [1.54, 1.807) is 6.08 Å². The van der Waals surface area contributed by atoms with Gasteiger partial charge in [-0.2, -0.15) is 0 Å². The lowest BCUT2D eigenvalue weighted by Gasteiger charge is -2.40. The lowest BCUT2D eigenvalue weighted by atomic mass is 9.99. The van der Waals surface area contributed by atoms with Gasteiger partial charge in [0.25, 0.3) is 0 Å². The van der Waals surface area contributed by atoms with E-state index in [1.807, 2.05) is 6.08 Å². The van der Waals surface area contributed by atoms with Gasteiger partial charge in [0, 0.05) is 6.42 Å². The van der Waals surface area contributed by atoms with Crippen LogP contribution in [0, 0.1) is 0 Å². The Bertz CT molecular complexity index is 1230. The average molecular weight is 1020 g/mol. The molecule has 1 aliphatic rings. The van der Waals surface area contributed by atoms with Gasteiger partial charge in [-0.1, -0.05) is 275 Å². The van der Waals surface area contributed by atoms with Crippen LogP contribution in [0.5, 0.6) is 0 Å². The maximum Gasteiger partial charge on any atom is 0.220 e. The highest BCUT2D eigenvalue weighted by atomic mass is 16.7. The summed E-state index contributed by atoms with van der Waals surface area (Å²) in [6.07, 6.45) is 62.4. The van der Waals surface area contributed by atoms with Crippen molar-refractivity contribution in [2.45, 2.75) is 346 Å². The first-order chi connectivity index (χ1) is 35.3. The SMILES string of the molecule is CCCCCCCCCC/C=C\CCCCCCCCCCCCCCCCCCCCCCCC(=O)NC(COC1OC(CO)C(O)C(O)C1O)C(O)/C=C/CC/C=C/CCCCCCCCCCCC. The number of aliphatic hydroxyl groups excluding tert-OH is 5. The highest BCUT2D eigenvalue weighted by Gasteiger charge is 2.44. The van der Waals surface area contributed by atoms with Crippen molar-refractivity contribution in [3.05, 3.63) is 36.5 Å². The minimum Gasteiger partial charge on any atom is -0.394 e. The van der Waals surface area contributed by atoms with Crippen molar-refractivity contribution < 1.29 is 39.8 Å². The second-order valence-corrected chi connectivity index (χ2v) is 21.8. The minimum absolute atomic E-state index is 0.182. The van der Waals surface area contributed by atoms with E-state index in [0.29, 0.717) is 6.42 Å². The fraction of sp³-hybridized carbons (Fsp3) is 0.889. The minimum atomic E-state index is -1.57. The summed E-state index contributed by atoms with van der Waals surface area (Å²) in [6.45, 7) is 3.79. The summed E-state index contributed by atoms with van der Waals surface area (Å²) in [5.41, 5.74) is 0. The average Bonchev–Trinajstić information content (AvgIpc) is 3.38. The molecule has 6 N–H and O–H groups in total. The number of aliphatic hydroxyl groups is 5. The summed E-state index contributed by atoms with van der Waals surface area (Å²) >= 11 is 0. The van der Waals surface area contributed by atoms with Crippen LogP contribution in [0.1, 0.15) is 303 Å². The number of ether oxygens (including phenoxy) is 2. The molecule has 1 rings (SSSR count). The summed E-state index contributed by atoms with van der Waals surface area (Å²) in [5.74, 6) is -0.182. The molecule has 0 saturated carbocycles. The third kappa shape index (κ3) is 41.6. The Morgan fingerprint density at radius 2 is 0.792 bits per heavy atom. The van der Waals surface area contributed by atoms with Gasteiger partial charge in [0.15, 0.2) is 6.29 Å². The van der Waals surface area contributed by atoms with Crippen LogP contribution in [-0.2, 0) is 14.3 Å².